The highest BCUT2D eigenvalue weighted by Gasteiger charge is 2.07. The third-order valence-electron chi connectivity index (χ3n) is 3.18. The second kappa shape index (κ2) is 7.61. The van der Waals surface area contributed by atoms with Crippen molar-refractivity contribution in [1.82, 2.24) is 4.90 Å². The number of carbonyl (C=O) groups excluding carboxylic acids is 1. The third kappa shape index (κ3) is 4.33. The van der Waals surface area contributed by atoms with Gasteiger partial charge in [-0.25, -0.2) is 4.79 Å². The van der Waals surface area contributed by atoms with Gasteiger partial charge >= 0.3 is 5.97 Å². The standard InChI is InChI=1S/C18H22N2O2/c1-4-22-18(21)14-9-11-16(12-10-14)19-17-8-6-5-7-15(17)13-20(2)3/h5-12,19H,4,13H2,1-3H3. The van der Waals surface area contributed by atoms with Gasteiger partial charge < -0.3 is 15.0 Å². The maximum absolute atomic E-state index is 11.6. The molecule has 116 valence electrons. The van der Waals surface area contributed by atoms with E-state index in [2.05, 4.69) is 22.3 Å². The first-order valence-corrected chi connectivity index (χ1v) is 7.37. The molecule has 2 aromatic rings. The highest BCUT2D eigenvalue weighted by molar-refractivity contribution is 5.89. The maximum Gasteiger partial charge on any atom is 0.338 e. The average molecular weight is 298 g/mol. The van der Waals surface area contributed by atoms with E-state index in [0.717, 1.165) is 17.9 Å². The second-order valence-electron chi connectivity index (χ2n) is 5.32. The predicted molar refractivity (Wildman–Crippen MR) is 89.5 cm³/mol. The number of rotatable bonds is 6. The number of hydrogen-bond donors (Lipinski definition) is 1. The van der Waals surface area contributed by atoms with Crippen molar-refractivity contribution in [1.29, 1.82) is 0 Å². The molecular formula is C18H22N2O2. The van der Waals surface area contributed by atoms with Crippen molar-refractivity contribution in [2.75, 3.05) is 26.0 Å². The molecule has 0 radical (unpaired) electrons. The number of nitrogens with zero attached hydrogens (tertiary/aromatic N) is 1. The average Bonchev–Trinajstić information content (AvgIpc) is 2.50. The van der Waals surface area contributed by atoms with E-state index in [1.165, 1.54) is 5.56 Å². The zero-order valence-electron chi connectivity index (χ0n) is 13.3. The summed E-state index contributed by atoms with van der Waals surface area (Å²) < 4.78 is 4.98. The van der Waals surface area contributed by atoms with Gasteiger partial charge in [-0.2, -0.15) is 0 Å². The Kier molecular flexibility index (Phi) is 5.55. The normalized spacial score (nSPS) is 10.5. The Hall–Kier alpha value is -2.33. The molecule has 0 atom stereocenters. The second-order valence-corrected chi connectivity index (χ2v) is 5.32. The van der Waals surface area contributed by atoms with Crippen LogP contribution in [0.1, 0.15) is 22.8 Å². The smallest absolute Gasteiger partial charge is 0.338 e. The zero-order chi connectivity index (χ0) is 15.9. The highest BCUT2D eigenvalue weighted by Crippen LogP contribution is 2.22. The first kappa shape index (κ1) is 16.0. The largest absolute Gasteiger partial charge is 0.462 e. The number of anilines is 2. The molecule has 0 saturated carbocycles. The van der Waals surface area contributed by atoms with Crippen LogP contribution in [0.3, 0.4) is 0 Å². The molecule has 22 heavy (non-hydrogen) atoms. The Bertz CT molecular complexity index is 621. The van der Waals surface area contributed by atoms with Crippen LogP contribution in [0.2, 0.25) is 0 Å². The summed E-state index contributed by atoms with van der Waals surface area (Å²) in [7, 11) is 4.09. The summed E-state index contributed by atoms with van der Waals surface area (Å²) in [4.78, 5) is 13.8. The lowest BCUT2D eigenvalue weighted by molar-refractivity contribution is 0.0526. The van der Waals surface area contributed by atoms with Crippen LogP contribution in [-0.4, -0.2) is 31.6 Å². The summed E-state index contributed by atoms with van der Waals surface area (Å²) in [6, 6.07) is 15.5. The van der Waals surface area contributed by atoms with Gasteiger partial charge in [0.15, 0.2) is 0 Å². The predicted octanol–water partition coefficient (Wildman–Crippen LogP) is 3.67. The molecule has 2 aromatic carbocycles. The van der Waals surface area contributed by atoms with Crippen molar-refractivity contribution in [3.63, 3.8) is 0 Å². The third-order valence-corrected chi connectivity index (χ3v) is 3.18. The van der Waals surface area contributed by atoms with Crippen molar-refractivity contribution in [2.24, 2.45) is 0 Å². The topological polar surface area (TPSA) is 41.6 Å². The molecule has 0 amide bonds. The summed E-state index contributed by atoms with van der Waals surface area (Å²) in [5.41, 5.74) is 3.80. The molecule has 0 unspecified atom stereocenters. The molecule has 1 N–H and O–H groups in total. The number of ether oxygens (including phenoxy) is 1. The Morgan fingerprint density at radius 1 is 1.09 bits per heavy atom. The van der Waals surface area contributed by atoms with Crippen molar-refractivity contribution in [3.8, 4) is 0 Å². The Labute approximate surface area is 131 Å². The fraction of sp³-hybridized carbons (Fsp3) is 0.278. The van der Waals surface area contributed by atoms with Gasteiger partial charge in [0.05, 0.1) is 12.2 Å². The Morgan fingerprint density at radius 2 is 1.77 bits per heavy atom. The Morgan fingerprint density at radius 3 is 2.41 bits per heavy atom. The highest BCUT2D eigenvalue weighted by atomic mass is 16.5. The van der Waals surface area contributed by atoms with Crippen LogP contribution in [-0.2, 0) is 11.3 Å². The van der Waals surface area contributed by atoms with Gasteiger partial charge in [-0.15, -0.1) is 0 Å². The first-order valence-electron chi connectivity index (χ1n) is 7.37. The van der Waals surface area contributed by atoms with Crippen LogP contribution < -0.4 is 5.32 Å². The minimum absolute atomic E-state index is 0.290. The quantitative estimate of drug-likeness (QED) is 0.826. The van der Waals surface area contributed by atoms with E-state index in [-0.39, 0.29) is 5.97 Å². The molecule has 2 rings (SSSR count). The van der Waals surface area contributed by atoms with Crippen LogP contribution >= 0.6 is 0 Å². The van der Waals surface area contributed by atoms with Gasteiger partial charge in [0.2, 0.25) is 0 Å². The summed E-state index contributed by atoms with van der Waals surface area (Å²) in [5, 5.41) is 3.40. The number of hydrogen-bond acceptors (Lipinski definition) is 4. The minimum atomic E-state index is -0.290. The van der Waals surface area contributed by atoms with Crippen molar-refractivity contribution < 1.29 is 9.53 Å². The summed E-state index contributed by atoms with van der Waals surface area (Å²) in [5.74, 6) is -0.290. The van der Waals surface area contributed by atoms with E-state index in [9.17, 15) is 4.79 Å². The molecule has 0 aliphatic rings. The lowest BCUT2D eigenvalue weighted by Gasteiger charge is -2.15. The van der Waals surface area contributed by atoms with Gasteiger partial charge in [0.25, 0.3) is 0 Å². The summed E-state index contributed by atoms with van der Waals surface area (Å²) in [6.07, 6.45) is 0. The van der Waals surface area contributed by atoms with Gasteiger partial charge in [-0.05, 0) is 56.9 Å². The monoisotopic (exact) mass is 298 g/mol. The number of benzene rings is 2. The molecule has 0 aliphatic heterocycles. The SMILES string of the molecule is CCOC(=O)c1ccc(Nc2ccccc2CN(C)C)cc1. The maximum atomic E-state index is 11.6. The molecule has 0 bridgehead atoms. The van der Waals surface area contributed by atoms with Crippen LogP contribution in [0.25, 0.3) is 0 Å². The molecule has 4 nitrogen and oxygen atoms in total. The summed E-state index contributed by atoms with van der Waals surface area (Å²) >= 11 is 0. The van der Waals surface area contributed by atoms with Crippen molar-refractivity contribution in [2.45, 2.75) is 13.5 Å². The molecule has 0 spiro atoms. The fourth-order valence-corrected chi connectivity index (χ4v) is 2.18. The number of esters is 1. The zero-order valence-corrected chi connectivity index (χ0v) is 13.3. The molecule has 0 heterocycles. The molecular weight excluding hydrogens is 276 g/mol. The van der Waals surface area contributed by atoms with E-state index >= 15 is 0 Å². The number of carbonyl (C=O) groups is 1. The number of nitrogens with one attached hydrogen (secondary N) is 1. The van der Waals surface area contributed by atoms with E-state index in [1.807, 2.05) is 38.4 Å². The van der Waals surface area contributed by atoms with Gasteiger partial charge in [-0.1, -0.05) is 18.2 Å². The molecule has 0 fully saturated rings. The number of para-hydroxylation sites is 1. The van der Waals surface area contributed by atoms with E-state index in [1.54, 1.807) is 19.1 Å². The fourth-order valence-electron chi connectivity index (χ4n) is 2.18. The van der Waals surface area contributed by atoms with Crippen LogP contribution in [0.4, 0.5) is 11.4 Å². The van der Waals surface area contributed by atoms with E-state index in [0.29, 0.717) is 12.2 Å². The molecule has 0 aliphatic carbocycles. The van der Waals surface area contributed by atoms with Gasteiger partial charge in [0.1, 0.15) is 0 Å². The van der Waals surface area contributed by atoms with Gasteiger partial charge in [0, 0.05) is 17.9 Å². The van der Waals surface area contributed by atoms with Crippen LogP contribution in [0.15, 0.2) is 48.5 Å². The van der Waals surface area contributed by atoms with Crippen LogP contribution in [0, 0.1) is 0 Å². The van der Waals surface area contributed by atoms with Crippen molar-refractivity contribution in [3.05, 3.63) is 59.7 Å². The Balaban J connectivity index is 2.13. The lowest BCUT2D eigenvalue weighted by Crippen LogP contribution is -2.12. The minimum Gasteiger partial charge on any atom is -0.462 e. The first-order chi connectivity index (χ1) is 10.6. The molecule has 4 heteroatoms. The summed E-state index contributed by atoms with van der Waals surface area (Å²) in [6.45, 7) is 3.05. The van der Waals surface area contributed by atoms with E-state index < -0.39 is 0 Å². The molecule has 0 aromatic heterocycles. The van der Waals surface area contributed by atoms with Crippen LogP contribution in [0.5, 0.6) is 0 Å². The van der Waals surface area contributed by atoms with Crippen molar-refractivity contribution >= 4 is 17.3 Å². The van der Waals surface area contributed by atoms with E-state index in [4.69, 9.17) is 4.74 Å². The molecule has 0 saturated heterocycles. The lowest BCUT2D eigenvalue weighted by atomic mass is 10.1. The van der Waals surface area contributed by atoms with Gasteiger partial charge in [-0.3, -0.25) is 0 Å².